The molecule has 0 aliphatic rings. The third-order valence-electron chi connectivity index (χ3n) is 3.84. The second-order valence-electron chi connectivity index (χ2n) is 5.34. The summed E-state index contributed by atoms with van der Waals surface area (Å²) in [7, 11) is 2.11. The van der Waals surface area contributed by atoms with Gasteiger partial charge in [0.1, 0.15) is 10.8 Å². The lowest BCUT2D eigenvalue weighted by Crippen LogP contribution is -2.40. The predicted molar refractivity (Wildman–Crippen MR) is 84.7 cm³/mol. The lowest BCUT2D eigenvalue weighted by atomic mass is 9.99. The fourth-order valence-electron chi connectivity index (χ4n) is 1.91. The van der Waals surface area contributed by atoms with Crippen molar-refractivity contribution in [1.29, 1.82) is 0 Å². The normalized spacial score (nSPS) is 11.6. The van der Waals surface area contributed by atoms with Gasteiger partial charge >= 0.3 is 0 Å². The maximum Gasteiger partial charge on any atom is 0.147 e. The van der Waals surface area contributed by atoms with Gasteiger partial charge in [0.25, 0.3) is 0 Å². The number of nitrogens with two attached hydrogens (primary N) is 1. The van der Waals surface area contributed by atoms with Gasteiger partial charge in [-0.2, -0.15) is 4.37 Å². The average Bonchev–Trinajstić information content (AvgIpc) is 2.80. The first-order chi connectivity index (χ1) is 8.97. The van der Waals surface area contributed by atoms with Crippen molar-refractivity contribution in [2.45, 2.75) is 32.7 Å². The number of rotatable bonds is 4. The quantitative estimate of drug-likeness (QED) is 0.916. The van der Waals surface area contributed by atoms with Gasteiger partial charge in [0, 0.05) is 12.6 Å². The Labute approximate surface area is 119 Å². The van der Waals surface area contributed by atoms with Crippen molar-refractivity contribution in [2.24, 2.45) is 0 Å². The number of aromatic nitrogens is 1. The van der Waals surface area contributed by atoms with Gasteiger partial charge in [0.15, 0.2) is 0 Å². The molecule has 4 heteroatoms. The van der Waals surface area contributed by atoms with Gasteiger partial charge in [0.05, 0.1) is 5.56 Å². The van der Waals surface area contributed by atoms with E-state index in [-0.39, 0.29) is 5.54 Å². The van der Waals surface area contributed by atoms with Crippen LogP contribution in [-0.2, 0) is 0 Å². The molecule has 19 heavy (non-hydrogen) atoms. The second kappa shape index (κ2) is 5.21. The zero-order chi connectivity index (χ0) is 14.0. The third-order valence-corrected chi connectivity index (χ3v) is 4.78. The molecule has 0 unspecified atom stereocenters. The molecule has 3 nitrogen and oxygen atoms in total. The summed E-state index contributed by atoms with van der Waals surface area (Å²) in [5.41, 5.74) is 8.33. The van der Waals surface area contributed by atoms with Crippen molar-refractivity contribution >= 4 is 22.4 Å². The molecule has 0 saturated heterocycles. The summed E-state index contributed by atoms with van der Waals surface area (Å²) in [6, 6.07) is 10.2. The molecule has 1 heterocycles. The van der Waals surface area contributed by atoms with E-state index in [4.69, 9.17) is 5.73 Å². The van der Waals surface area contributed by atoms with Crippen LogP contribution < -0.4 is 10.6 Å². The number of benzene rings is 1. The Kier molecular flexibility index (Phi) is 3.80. The van der Waals surface area contributed by atoms with E-state index in [2.05, 4.69) is 49.2 Å². The monoisotopic (exact) mass is 275 g/mol. The highest BCUT2D eigenvalue weighted by molar-refractivity contribution is 7.11. The number of nitrogens with zero attached hydrogens (tertiary/aromatic N) is 2. The topological polar surface area (TPSA) is 42.2 Å². The Balaban J connectivity index is 2.50. The van der Waals surface area contributed by atoms with E-state index >= 15 is 0 Å². The van der Waals surface area contributed by atoms with E-state index < -0.39 is 0 Å². The number of hydrogen-bond acceptors (Lipinski definition) is 4. The first kappa shape index (κ1) is 13.9. The Morgan fingerprint density at radius 2 is 1.89 bits per heavy atom. The highest BCUT2D eigenvalue weighted by atomic mass is 32.1. The molecule has 0 aliphatic heterocycles. The highest BCUT2D eigenvalue weighted by Crippen LogP contribution is 2.41. The number of hydrogen-bond donors (Lipinski definition) is 1. The third kappa shape index (κ3) is 2.59. The lowest BCUT2D eigenvalue weighted by molar-refractivity contribution is 0.473. The number of anilines is 2. The maximum absolute atomic E-state index is 6.07. The maximum atomic E-state index is 6.07. The molecule has 0 fully saturated rings. The van der Waals surface area contributed by atoms with Crippen LogP contribution in [0.4, 0.5) is 10.8 Å². The van der Waals surface area contributed by atoms with Crippen molar-refractivity contribution in [2.75, 3.05) is 17.7 Å². The fraction of sp³-hybridized carbons (Fsp3) is 0.400. The summed E-state index contributed by atoms with van der Waals surface area (Å²) in [5, 5.41) is 1.13. The summed E-state index contributed by atoms with van der Waals surface area (Å²) < 4.78 is 4.34. The van der Waals surface area contributed by atoms with Crippen molar-refractivity contribution in [1.82, 2.24) is 4.37 Å². The van der Waals surface area contributed by atoms with Crippen molar-refractivity contribution in [3.63, 3.8) is 0 Å². The smallest absolute Gasteiger partial charge is 0.147 e. The Bertz CT molecular complexity index is 546. The Morgan fingerprint density at radius 3 is 2.47 bits per heavy atom. The number of nitrogen functional groups attached to an aromatic ring is 1. The molecule has 2 aromatic rings. The molecule has 0 saturated carbocycles. The zero-order valence-corrected chi connectivity index (χ0v) is 12.8. The van der Waals surface area contributed by atoms with Crippen LogP contribution in [0, 0.1) is 0 Å². The van der Waals surface area contributed by atoms with Crippen LogP contribution in [0.15, 0.2) is 30.3 Å². The average molecular weight is 275 g/mol. The summed E-state index contributed by atoms with van der Waals surface area (Å²) >= 11 is 1.47. The predicted octanol–water partition coefficient (Wildman–Crippen LogP) is 4.02. The molecule has 0 amide bonds. The molecule has 1 aromatic heterocycles. The summed E-state index contributed by atoms with van der Waals surface area (Å²) in [6.45, 7) is 6.67. The van der Waals surface area contributed by atoms with Gasteiger partial charge in [-0.25, -0.2) is 0 Å². The molecule has 2 N–H and O–H groups in total. The van der Waals surface area contributed by atoms with Gasteiger partial charge in [-0.15, -0.1) is 0 Å². The largest absolute Gasteiger partial charge is 0.382 e. The highest BCUT2D eigenvalue weighted by Gasteiger charge is 2.26. The SMILES string of the molecule is CCC(C)(C)N(C)c1snc(N)c1-c1ccccc1. The van der Waals surface area contributed by atoms with Gasteiger partial charge in [-0.3, -0.25) is 0 Å². The van der Waals surface area contributed by atoms with Gasteiger partial charge < -0.3 is 10.6 Å². The minimum Gasteiger partial charge on any atom is -0.382 e. The lowest BCUT2D eigenvalue weighted by Gasteiger charge is -2.36. The van der Waals surface area contributed by atoms with Crippen LogP contribution in [0.3, 0.4) is 0 Å². The van der Waals surface area contributed by atoms with Gasteiger partial charge in [-0.1, -0.05) is 37.3 Å². The Hall–Kier alpha value is -1.55. The van der Waals surface area contributed by atoms with Crippen LogP contribution >= 0.6 is 11.5 Å². The molecular formula is C15H21N3S. The molecule has 0 aliphatic carbocycles. The van der Waals surface area contributed by atoms with E-state index in [1.54, 1.807) is 0 Å². The standard InChI is InChI=1S/C15H21N3S/c1-5-15(2,3)18(4)14-12(13(16)17-19-14)11-9-7-6-8-10-11/h6-10H,5H2,1-4H3,(H2,16,17). The van der Waals surface area contributed by atoms with Crippen molar-refractivity contribution < 1.29 is 0 Å². The van der Waals surface area contributed by atoms with E-state index in [1.165, 1.54) is 11.5 Å². The summed E-state index contributed by atoms with van der Waals surface area (Å²) in [5.74, 6) is 0.616. The van der Waals surface area contributed by atoms with Crippen LogP contribution in [0.1, 0.15) is 27.2 Å². The second-order valence-corrected chi connectivity index (χ2v) is 6.09. The molecule has 0 bridgehead atoms. The first-order valence-corrected chi connectivity index (χ1v) is 7.29. The molecule has 0 radical (unpaired) electrons. The Morgan fingerprint density at radius 1 is 1.26 bits per heavy atom. The molecule has 2 rings (SSSR count). The van der Waals surface area contributed by atoms with E-state index in [9.17, 15) is 0 Å². The van der Waals surface area contributed by atoms with Crippen molar-refractivity contribution in [3.8, 4) is 11.1 Å². The minimum atomic E-state index is 0.0858. The molecular weight excluding hydrogens is 254 g/mol. The first-order valence-electron chi connectivity index (χ1n) is 6.51. The van der Waals surface area contributed by atoms with Crippen LogP contribution in [0.25, 0.3) is 11.1 Å². The van der Waals surface area contributed by atoms with Crippen LogP contribution in [0.5, 0.6) is 0 Å². The van der Waals surface area contributed by atoms with Crippen LogP contribution in [0.2, 0.25) is 0 Å². The van der Waals surface area contributed by atoms with Gasteiger partial charge in [0.2, 0.25) is 0 Å². The molecule has 102 valence electrons. The van der Waals surface area contributed by atoms with E-state index in [1.807, 2.05) is 18.2 Å². The summed E-state index contributed by atoms with van der Waals surface area (Å²) in [6.07, 6.45) is 1.07. The van der Waals surface area contributed by atoms with Crippen molar-refractivity contribution in [3.05, 3.63) is 30.3 Å². The van der Waals surface area contributed by atoms with Gasteiger partial charge in [-0.05, 0) is 37.4 Å². The fourth-order valence-corrected chi connectivity index (χ4v) is 2.87. The van der Waals surface area contributed by atoms with E-state index in [0.717, 1.165) is 22.5 Å². The molecule has 1 aromatic carbocycles. The zero-order valence-electron chi connectivity index (χ0n) is 12.0. The summed E-state index contributed by atoms with van der Waals surface area (Å²) in [4.78, 5) is 2.28. The van der Waals surface area contributed by atoms with Crippen LogP contribution in [-0.4, -0.2) is 17.0 Å². The van der Waals surface area contributed by atoms with E-state index in [0.29, 0.717) is 5.82 Å². The minimum absolute atomic E-state index is 0.0858. The molecule has 0 spiro atoms. The molecule has 0 atom stereocenters.